The van der Waals surface area contributed by atoms with Gasteiger partial charge in [-0.3, -0.25) is 4.98 Å². The molecule has 0 aliphatic carbocycles. The maximum atomic E-state index is 11.5. The predicted octanol–water partition coefficient (Wildman–Crippen LogP) is 12.5. The lowest BCUT2D eigenvalue weighted by Gasteiger charge is -2.27. The second kappa shape index (κ2) is 12.7. The highest BCUT2D eigenvalue weighted by atomic mass is 16.3. The fourth-order valence-corrected chi connectivity index (χ4v) is 6.80. The molecule has 0 saturated carbocycles. The zero-order valence-corrected chi connectivity index (χ0v) is 30.9. The Morgan fingerprint density at radius 3 is 1.90 bits per heavy atom. The van der Waals surface area contributed by atoms with Crippen molar-refractivity contribution in [2.75, 3.05) is 0 Å². The van der Waals surface area contributed by atoms with E-state index in [1.807, 2.05) is 30.5 Å². The maximum Gasteiger partial charge on any atom is 0.231 e. The van der Waals surface area contributed by atoms with Gasteiger partial charge in [-0.05, 0) is 74.5 Å². The number of para-hydroxylation sites is 1. The monoisotopic (exact) mass is 670 g/mol. The molecule has 1 N–H and O–H groups in total. The summed E-state index contributed by atoms with van der Waals surface area (Å²) in [5, 5.41) is 11.5. The average molecular weight is 671 g/mol. The van der Waals surface area contributed by atoms with Crippen molar-refractivity contribution >= 4 is 11.1 Å². The molecule has 5 aromatic carbocycles. The fourth-order valence-electron chi connectivity index (χ4n) is 6.80. The Kier molecular flexibility index (Phi) is 8.46. The third-order valence-electron chi connectivity index (χ3n) is 10.1. The van der Waals surface area contributed by atoms with Crippen molar-refractivity contribution < 1.29 is 9.52 Å². The molecule has 0 fully saturated rings. The Morgan fingerprint density at radius 1 is 0.529 bits per heavy atom. The zero-order valence-electron chi connectivity index (χ0n) is 30.9. The summed E-state index contributed by atoms with van der Waals surface area (Å²) in [6, 6.07) is 42.3. The number of phenolic OH excluding ortho intramolecular Hbond substituents is 1. The molecule has 256 valence electrons. The van der Waals surface area contributed by atoms with Crippen LogP contribution in [-0.2, 0) is 16.2 Å². The fraction of sp³-hybridized carbons (Fsp3) is 0.234. The molecular weight excluding hydrogens is 625 g/mol. The number of oxazole rings is 1. The SMILES string of the molecule is CC(C)(C)c1cc(-c2nc3c(-c4cccc(-c5cc(C(C)(C)c6ccc(-c7ccccc7)cc6)ccn5)c4)cccc3o2)c(O)c(C(C)(C)C)c1. The van der Waals surface area contributed by atoms with E-state index >= 15 is 0 Å². The number of nitrogens with zero attached hydrogens (tertiary/aromatic N) is 2. The molecule has 0 aliphatic rings. The van der Waals surface area contributed by atoms with Gasteiger partial charge in [0, 0.05) is 28.3 Å². The average Bonchev–Trinajstić information content (AvgIpc) is 3.56. The van der Waals surface area contributed by atoms with Crippen LogP contribution in [-0.4, -0.2) is 15.1 Å². The number of rotatable bonds is 6. The molecule has 4 heteroatoms. The zero-order chi connectivity index (χ0) is 36.1. The lowest BCUT2D eigenvalue weighted by molar-refractivity contribution is 0.444. The van der Waals surface area contributed by atoms with E-state index in [-0.39, 0.29) is 22.0 Å². The van der Waals surface area contributed by atoms with Crippen LogP contribution < -0.4 is 0 Å². The molecule has 0 saturated heterocycles. The number of fused-ring (bicyclic) bond motifs is 1. The summed E-state index contributed by atoms with van der Waals surface area (Å²) < 4.78 is 6.39. The van der Waals surface area contributed by atoms with Crippen molar-refractivity contribution in [1.29, 1.82) is 0 Å². The van der Waals surface area contributed by atoms with Crippen LogP contribution in [0.15, 0.2) is 132 Å². The highest BCUT2D eigenvalue weighted by Crippen LogP contribution is 2.43. The summed E-state index contributed by atoms with van der Waals surface area (Å²) in [6.07, 6.45) is 1.91. The van der Waals surface area contributed by atoms with Gasteiger partial charge in [0.15, 0.2) is 5.58 Å². The van der Waals surface area contributed by atoms with Gasteiger partial charge in [-0.25, -0.2) is 4.98 Å². The van der Waals surface area contributed by atoms with Gasteiger partial charge in [-0.1, -0.05) is 146 Å². The number of pyridine rings is 1. The quantitative estimate of drug-likeness (QED) is 0.191. The summed E-state index contributed by atoms with van der Waals surface area (Å²) in [4.78, 5) is 9.85. The number of hydrogen-bond acceptors (Lipinski definition) is 4. The highest BCUT2D eigenvalue weighted by Gasteiger charge is 2.28. The van der Waals surface area contributed by atoms with E-state index in [0.717, 1.165) is 39.0 Å². The van der Waals surface area contributed by atoms with Gasteiger partial charge in [-0.2, -0.15) is 0 Å². The largest absolute Gasteiger partial charge is 0.507 e. The number of aromatic nitrogens is 2. The van der Waals surface area contributed by atoms with E-state index in [9.17, 15) is 5.11 Å². The summed E-state index contributed by atoms with van der Waals surface area (Å²) >= 11 is 0. The van der Waals surface area contributed by atoms with Crippen LogP contribution in [0.25, 0.3) is 56.1 Å². The number of benzene rings is 5. The summed E-state index contributed by atoms with van der Waals surface area (Å²) in [6.45, 7) is 17.4. The molecule has 0 atom stereocenters. The second-order valence-electron chi connectivity index (χ2n) is 16.2. The predicted molar refractivity (Wildman–Crippen MR) is 211 cm³/mol. The second-order valence-corrected chi connectivity index (χ2v) is 16.2. The van der Waals surface area contributed by atoms with Crippen LogP contribution in [0.5, 0.6) is 5.75 Å². The van der Waals surface area contributed by atoms with Gasteiger partial charge in [0.2, 0.25) is 5.89 Å². The van der Waals surface area contributed by atoms with Crippen LogP contribution in [0.2, 0.25) is 0 Å². The number of hydrogen-bond donors (Lipinski definition) is 1. The lowest BCUT2D eigenvalue weighted by Crippen LogP contribution is -2.19. The van der Waals surface area contributed by atoms with Crippen LogP contribution >= 0.6 is 0 Å². The van der Waals surface area contributed by atoms with Crippen molar-refractivity contribution in [3.05, 3.63) is 150 Å². The maximum absolute atomic E-state index is 11.5. The standard InChI is InChI=1S/C47H46N2O2/c1-45(2,3)36-27-38(43(50)39(28-36)46(4,5)6)44-49-42-37(18-13-19-41(42)51-44)32-16-12-17-33(26-32)40-29-35(24-25-48-40)47(7,8)34-22-20-31(21-23-34)30-14-10-9-11-15-30/h9-29,50H,1-8H3. The van der Waals surface area contributed by atoms with Crippen molar-refractivity contribution in [1.82, 2.24) is 9.97 Å². The molecule has 7 aromatic rings. The van der Waals surface area contributed by atoms with Crippen LogP contribution in [0.1, 0.15) is 77.6 Å². The van der Waals surface area contributed by atoms with Crippen LogP contribution in [0, 0.1) is 0 Å². The van der Waals surface area contributed by atoms with Gasteiger partial charge in [-0.15, -0.1) is 0 Å². The molecule has 2 heterocycles. The van der Waals surface area contributed by atoms with Crippen molar-refractivity contribution in [2.45, 2.75) is 71.6 Å². The van der Waals surface area contributed by atoms with E-state index in [4.69, 9.17) is 14.4 Å². The van der Waals surface area contributed by atoms with E-state index in [1.165, 1.54) is 22.3 Å². The lowest BCUT2D eigenvalue weighted by atomic mass is 9.77. The molecule has 2 aromatic heterocycles. The highest BCUT2D eigenvalue weighted by molar-refractivity contribution is 5.93. The molecule has 0 aliphatic heterocycles. The molecule has 51 heavy (non-hydrogen) atoms. The summed E-state index contributed by atoms with van der Waals surface area (Å²) in [7, 11) is 0. The molecular formula is C47H46N2O2. The molecule has 0 amide bonds. The molecule has 0 unspecified atom stereocenters. The van der Waals surface area contributed by atoms with Gasteiger partial charge < -0.3 is 9.52 Å². The first-order chi connectivity index (χ1) is 24.2. The van der Waals surface area contributed by atoms with Crippen LogP contribution in [0.3, 0.4) is 0 Å². The van der Waals surface area contributed by atoms with Gasteiger partial charge >= 0.3 is 0 Å². The number of phenols is 1. The minimum absolute atomic E-state index is 0.117. The third kappa shape index (κ3) is 6.59. The van der Waals surface area contributed by atoms with E-state index in [1.54, 1.807) is 0 Å². The Bertz CT molecular complexity index is 2350. The Labute approximate surface area is 301 Å². The Hall–Kier alpha value is -5.48. The topological polar surface area (TPSA) is 59.2 Å². The van der Waals surface area contributed by atoms with Gasteiger partial charge in [0.1, 0.15) is 11.3 Å². The van der Waals surface area contributed by atoms with E-state index in [2.05, 4.69) is 152 Å². The first-order valence-electron chi connectivity index (χ1n) is 17.7. The Morgan fingerprint density at radius 2 is 1.20 bits per heavy atom. The van der Waals surface area contributed by atoms with E-state index < -0.39 is 0 Å². The molecule has 4 nitrogen and oxygen atoms in total. The van der Waals surface area contributed by atoms with E-state index in [0.29, 0.717) is 17.0 Å². The summed E-state index contributed by atoms with van der Waals surface area (Å²) in [5.74, 6) is 0.628. The minimum atomic E-state index is -0.259. The molecule has 0 bridgehead atoms. The van der Waals surface area contributed by atoms with Crippen molar-refractivity contribution in [3.63, 3.8) is 0 Å². The molecule has 0 spiro atoms. The first kappa shape index (κ1) is 34.0. The Balaban J connectivity index is 1.24. The molecule has 0 radical (unpaired) electrons. The normalized spacial score (nSPS) is 12.4. The number of aromatic hydroxyl groups is 1. The van der Waals surface area contributed by atoms with Crippen molar-refractivity contribution in [2.24, 2.45) is 0 Å². The minimum Gasteiger partial charge on any atom is -0.507 e. The third-order valence-corrected chi connectivity index (χ3v) is 10.1. The van der Waals surface area contributed by atoms with Crippen molar-refractivity contribution in [3.8, 4) is 50.7 Å². The summed E-state index contributed by atoms with van der Waals surface area (Å²) in [5.41, 5.74) is 12.2. The van der Waals surface area contributed by atoms with Gasteiger partial charge in [0.05, 0.1) is 11.3 Å². The smallest absolute Gasteiger partial charge is 0.231 e. The molecule has 7 rings (SSSR count). The first-order valence-corrected chi connectivity index (χ1v) is 17.7. The van der Waals surface area contributed by atoms with Crippen LogP contribution in [0.4, 0.5) is 0 Å². The van der Waals surface area contributed by atoms with Gasteiger partial charge in [0.25, 0.3) is 0 Å².